The van der Waals surface area contributed by atoms with Crippen LogP contribution >= 0.6 is 24.8 Å². The molecule has 1 aliphatic heterocycles. The largest absolute Gasteiger partial charge is 0.314 e. The van der Waals surface area contributed by atoms with Crippen LogP contribution in [0.2, 0.25) is 0 Å². The van der Waals surface area contributed by atoms with Crippen molar-refractivity contribution in [1.29, 1.82) is 5.26 Å². The highest BCUT2D eigenvalue weighted by atomic mass is 35.5. The highest BCUT2D eigenvalue weighted by Gasteiger charge is 2.24. The molecule has 0 saturated carbocycles. The number of piperazine rings is 1. The molecule has 1 fully saturated rings. The molecule has 0 amide bonds. The average molecular weight is 388 g/mol. The normalized spacial score (nSPS) is 15.7. The SMILES string of the molecule is Cl.Cl.N#CC[C@H](c1cc2ccccc2c2ccccc12)N1CCNCC1. The van der Waals surface area contributed by atoms with Crippen molar-refractivity contribution in [3.05, 3.63) is 60.2 Å². The maximum absolute atomic E-state index is 9.42. The van der Waals surface area contributed by atoms with E-state index in [4.69, 9.17) is 0 Å². The topological polar surface area (TPSA) is 39.1 Å². The van der Waals surface area contributed by atoms with Crippen LogP contribution in [0.4, 0.5) is 0 Å². The van der Waals surface area contributed by atoms with Crippen LogP contribution in [0.5, 0.6) is 0 Å². The number of rotatable bonds is 3. The first-order valence-corrected chi connectivity index (χ1v) is 8.60. The molecule has 1 N–H and O–H groups in total. The van der Waals surface area contributed by atoms with Gasteiger partial charge in [0.25, 0.3) is 0 Å². The molecule has 0 spiro atoms. The molecule has 1 atom stereocenters. The van der Waals surface area contributed by atoms with E-state index >= 15 is 0 Å². The summed E-state index contributed by atoms with van der Waals surface area (Å²) in [6.45, 7) is 3.97. The van der Waals surface area contributed by atoms with Crippen LogP contribution in [-0.2, 0) is 0 Å². The van der Waals surface area contributed by atoms with E-state index in [9.17, 15) is 5.26 Å². The molecule has 1 saturated heterocycles. The second kappa shape index (κ2) is 9.21. The van der Waals surface area contributed by atoms with E-state index in [0.717, 1.165) is 26.2 Å². The molecule has 0 radical (unpaired) electrons. The van der Waals surface area contributed by atoms with E-state index in [1.165, 1.54) is 27.1 Å². The molecule has 1 heterocycles. The zero-order valence-electron chi connectivity index (χ0n) is 14.5. The molecule has 3 nitrogen and oxygen atoms in total. The van der Waals surface area contributed by atoms with Gasteiger partial charge >= 0.3 is 0 Å². The van der Waals surface area contributed by atoms with Gasteiger partial charge in [-0.25, -0.2) is 0 Å². The van der Waals surface area contributed by atoms with Crippen molar-refractivity contribution >= 4 is 46.4 Å². The van der Waals surface area contributed by atoms with E-state index < -0.39 is 0 Å². The van der Waals surface area contributed by atoms with Crippen molar-refractivity contribution in [3.63, 3.8) is 0 Å². The number of hydrogen-bond acceptors (Lipinski definition) is 3. The van der Waals surface area contributed by atoms with Gasteiger partial charge < -0.3 is 5.32 Å². The Bertz CT molecular complexity index is 914. The minimum atomic E-state index is 0. The lowest BCUT2D eigenvalue weighted by Gasteiger charge is -2.34. The smallest absolute Gasteiger partial charge is 0.0641 e. The maximum Gasteiger partial charge on any atom is 0.0641 e. The predicted molar refractivity (Wildman–Crippen MR) is 113 cm³/mol. The maximum atomic E-state index is 9.42. The van der Waals surface area contributed by atoms with Crippen LogP contribution < -0.4 is 5.32 Å². The minimum Gasteiger partial charge on any atom is -0.314 e. The number of nitrogens with one attached hydrogen (secondary N) is 1. The molecule has 1 aliphatic rings. The quantitative estimate of drug-likeness (QED) is 0.662. The second-order valence-corrected chi connectivity index (χ2v) is 6.40. The predicted octanol–water partition coefficient (Wildman–Crippen LogP) is 4.70. The zero-order chi connectivity index (χ0) is 16.4. The number of nitriles is 1. The van der Waals surface area contributed by atoms with Crippen LogP contribution in [0, 0.1) is 11.3 Å². The Morgan fingerprint density at radius 2 is 1.54 bits per heavy atom. The summed E-state index contributed by atoms with van der Waals surface area (Å²) >= 11 is 0. The highest BCUT2D eigenvalue weighted by Crippen LogP contribution is 2.35. The number of hydrogen-bond donors (Lipinski definition) is 1. The van der Waals surface area contributed by atoms with Crippen molar-refractivity contribution in [3.8, 4) is 6.07 Å². The van der Waals surface area contributed by atoms with E-state index in [2.05, 4.69) is 70.9 Å². The Hall–Kier alpha value is -1.83. The molecule has 0 bridgehead atoms. The molecule has 3 aromatic carbocycles. The van der Waals surface area contributed by atoms with Crippen molar-refractivity contribution < 1.29 is 0 Å². The Balaban J connectivity index is 0.00000121. The van der Waals surface area contributed by atoms with Crippen molar-refractivity contribution in [2.75, 3.05) is 26.2 Å². The summed E-state index contributed by atoms with van der Waals surface area (Å²) in [6.07, 6.45) is 0.530. The summed E-state index contributed by atoms with van der Waals surface area (Å²) in [7, 11) is 0. The third-order valence-electron chi connectivity index (χ3n) is 5.04. The van der Waals surface area contributed by atoms with Gasteiger partial charge in [0.05, 0.1) is 12.5 Å². The van der Waals surface area contributed by atoms with Gasteiger partial charge in [-0.3, -0.25) is 4.90 Å². The number of nitrogens with zero attached hydrogens (tertiary/aromatic N) is 2. The minimum absolute atomic E-state index is 0. The Kier molecular flexibility index (Phi) is 7.25. The summed E-state index contributed by atoms with van der Waals surface area (Å²) in [5.74, 6) is 0. The summed E-state index contributed by atoms with van der Waals surface area (Å²) in [6, 6.07) is 22.0. The second-order valence-electron chi connectivity index (χ2n) is 6.40. The molecule has 0 unspecified atom stereocenters. The molecule has 0 aromatic heterocycles. The first-order valence-electron chi connectivity index (χ1n) is 8.60. The fourth-order valence-corrected chi connectivity index (χ4v) is 3.87. The molecular formula is C21H23Cl2N3. The molecule has 0 aliphatic carbocycles. The van der Waals surface area contributed by atoms with Gasteiger partial charge in [-0.05, 0) is 33.2 Å². The monoisotopic (exact) mass is 387 g/mol. The van der Waals surface area contributed by atoms with Crippen LogP contribution in [0.25, 0.3) is 21.5 Å². The lowest BCUT2D eigenvalue weighted by atomic mass is 9.91. The molecule has 136 valence electrons. The van der Waals surface area contributed by atoms with E-state index in [1.54, 1.807) is 0 Å². The average Bonchev–Trinajstić information content (AvgIpc) is 2.66. The third-order valence-corrected chi connectivity index (χ3v) is 5.04. The van der Waals surface area contributed by atoms with Crippen molar-refractivity contribution in [2.24, 2.45) is 0 Å². The lowest BCUT2D eigenvalue weighted by molar-refractivity contribution is 0.176. The van der Waals surface area contributed by atoms with Crippen molar-refractivity contribution in [2.45, 2.75) is 12.5 Å². The van der Waals surface area contributed by atoms with Crippen LogP contribution in [0.15, 0.2) is 54.6 Å². The van der Waals surface area contributed by atoms with Gasteiger partial charge in [0.1, 0.15) is 0 Å². The van der Waals surface area contributed by atoms with Crippen LogP contribution in [-0.4, -0.2) is 31.1 Å². The third kappa shape index (κ3) is 3.79. The summed E-state index contributed by atoms with van der Waals surface area (Å²) in [4.78, 5) is 2.45. The standard InChI is InChI=1S/C21H21N3.2ClH/c22-10-9-21(24-13-11-23-12-14-24)20-15-16-5-1-2-6-17(16)18-7-3-4-8-19(18)20;;/h1-8,15,21,23H,9,11-14H2;2*1H/t21-;;/m1../s1. The number of halogens is 2. The van der Waals surface area contributed by atoms with E-state index in [-0.39, 0.29) is 30.9 Å². The Labute approximate surface area is 166 Å². The summed E-state index contributed by atoms with van der Waals surface area (Å²) < 4.78 is 0. The van der Waals surface area contributed by atoms with Gasteiger partial charge in [0.15, 0.2) is 0 Å². The molecule has 4 rings (SSSR count). The van der Waals surface area contributed by atoms with Gasteiger partial charge in [0.2, 0.25) is 0 Å². The van der Waals surface area contributed by atoms with Crippen molar-refractivity contribution in [1.82, 2.24) is 10.2 Å². The van der Waals surface area contributed by atoms with Gasteiger partial charge in [-0.1, -0.05) is 48.5 Å². The lowest BCUT2D eigenvalue weighted by Crippen LogP contribution is -2.45. The number of benzene rings is 3. The van der Waals surface area contributed by atoms with Gasteiger partial charge in [-0.15, -0.1) is 24.8 Å². The van der Waals surface area contributed by atoms with Gasteiger partial charge in [-0.2, -0.15) is 5.26 Å². The molecule has 3 aromatic rings. The molecule has 26 heavy (non-hydrogen) atoms. The zero-order valence-corrected chi connectivity index (χ0v) is 16.2. The number of fused-ring (bicyclic) bond motifs is 3. The van der Waals surface area contributed by atoms with Gasteiger partial charge in [0, 0.05) is 32.2 Å². The first kappa shape index (κ1) is 20.5. The van der Waals surface area contributed by atoms with Crippen LogP contribution in [0.1, 0.15) is 18.0 Å². The van der Waals surface area contributed by atoms with E-state index in [1.807, 2.05) is 0 Å². The summed E-state index contributed by atoms with van der Waals surface area (Å²) in [5, 5.41) is 17.9. The summed E-state index contributed by atoms with van der Waals surface area (Å²) in [5.41, 5.74) is 1.28. The first-order chi connectivity index (χ1) is 11.9. The highest BCUT2D eigenvalue weighted by molar-refractivity contribution is 6.09. The molecular weight excluding hydrogens is 365 g/mol. The molecule has 5 heteroatoms. The van der Waals surface area contributed by atoms with Crippen LogP contribution in [0.3, 0.4) is 0 Å². The Morgan fingerprint density at radius 1 is 0.923 bits per heavy atom. The van der Waals surface area contributed by atoms with E-state index in [0.29, 0.717) is 6.42 Å². The fraction of sp³-hybridized carbons (Fsp3) is 0.286. The fourth-order valence-electron chi connectivity index (χ4n) is 3.87. The Morgan fingerprint density at radius 3 is 2.23 bits per heavy atom.